The molecule has 2 saturated carbocycles. The molecule has 3 heteroatoms. The summed E-state index contributed by atoms with van der Waals surface area (Å²) in [7, 11) is 0. The van der Waals surface area contributed by atoms with Gasteiger partial charge in [-0.3, -0.25) is 4.79 Å². The molecule has 2 fully saturated rings. The maximum Gasteiger partial charge on any atom is 0.224 e. The van der Waals surface area contributed by atoms with Crippen LogP contribution in [0.15, 0.2) is 0 Å². The third kappa shape index (κ3) is 2.62. The molecular weight excluding hydrogens is 212 g/mol. The minimum Gasteiger partial charge on any atom is -0.338 e. The van der Waals surface area contributed by atoms with Gasteiger partial charge in [-0.15, -0.1) is 0 Å². The van der Waals surface area contributed by atoms with Gasteiger partial charge in [-0.2, -0.15) is 5.26 Å². The summed E-state index contributed by atoms with van der Waals surface area (Å²) in [5.41, 5.74) is -0.558. The van der Waals surface area contributed by atoms with Crippen LogP contribution in [0.3, 0.4) is 0 Å². The Balaban J connectivity index is 1.99. The fourth-order valence-corrected chi connectivity index (χ4v) is 3.28. The fourth-order valence-electron chi connectivity index (χ4n) is 3.28. The summed E-state index contributed by atoms with van der Waals surface area (Å²) in [4.78, 5) is 12.2. The van der Waals surface area contributed by atoms with Gasteiger partial charge in [0.1, 0.15) is 5.54 Å². The first-order chi connectivity index (χ1) is 8.17. The van der Waals surface area contributed by atoms with Gasteiger partial charge in [-0.25, -0.2) is 0 Å². The van der Waals surface area contributed by atoms with Crippen molar-refractivity contribution in [1.82, 2.24) is 5.32 Å². The zero-order valence-electron chi connectivity index (χ0n) is 10.7. The van der Waals surface area contributed by atoms with E-state index in [1.165, 1.54) is 6.42 Å². The highest BCUT2D eigenvalue weighted by Gasteiger charge is 2.37. The van der Waals surface area contributed by atoms with Crippen LogP contribution in [0.2, 0.25) is 0 Å². The molecule has 17 heavy (non-hydrogen) atoms. The Morgan fingerprint density at radius 1 is 1.24 bits per heavy atom. The average molecular weight is 234 g/mol. The number of nitrogens with one attached hydrogen (secondary N) is 1. The predicted octanol–water partition coefficient (Wildman–Crippen LogP) is 2.77. The van der Waals surface area contributed by atoms with E-state index in [0.29, 0.717) is 5.92 Å². The molecule has 0 aliphatic heterocycles. The van der Waals surface area contributed by atoms with E-state index in [2.05, 4.69) is 18.3 Å². The summed E-state index contributed by atoms with van der Waals surface area (Å²) in [6.07, 6.45) is 8.28. The molecule has 0 heterocycles. The third-order valence-corrected chi connectivity index (χ3v) is 4.48. The van der Waals surface area contributed by atoms with Gasteiger partial charge < -0.3 is 5.32 Å². The van der Waals surface area contributed by atoms with E-state index in [4.69, 9.17) is 0 Å². The third-order valence-electron chi connectivity index (χ3n) is 4.48. The summed E-state index contributed by atoms with van der Waals surface area (Å²) in [6.45, 7) is 2.15. The Morgan fingerprint density at radius 3 is 2.47 bits per heavy atom. The van der Waals surface area contributed by atoms with E-state index in [-0.39, 0.29) is 11.8 Å². The van der Waals surface area contributed by atoms with E-state index in [0.717, 1.165) is 44.9 Å². The molecule has 0 aromatic heterocycles. The minimum atomic E-state index is -0.558. The number of rotatable bonds is 2. The molecule has 0 spiro atoms. The molecule has 1 N–H and O–H groups in total. The van der Waals surface area contributed by atoms with Crippen LogP contribution in [0, 0.1) is 23.2 Å². The Bertz CT molecular complexity index is 326. The first-order valence-corrected chi connectivity index (χ1v) is 6.90. The molecule has 2 aliphatic carbocycles. The maximum absolute atomic E-state index is 12.2. The maximum atomic E-state index is 12.2. The van der Waals surface area contributed by atoms with Crippen molar-refractivity contribution in [1.29, 1.82) is 5.26 Å². The highest BCUT2D eigenvalue weighted by Crippen LogP contribution is 2.33. The number of nitrogens with zero attached hydrogens (tertiary/aromatic N) is 1. The van der Waals surface area contributed by atoms with Gasteiger partial charge in [0.25, 0.3) is 0 Å². The number of nitriles is 1. The first kappa shape index (κ1) is 12.4. The molecule has 0 radical (unpaired) electrons. The van der Waals surface area contributed by atoms with Crippen LogP contribution < -0.4 is 5.32 Å². The van der Waals surface area contributed by atoms with Crippen LogP contribution >= 0.6 is 0 Å². The van der Waals surface area contributed by atoms with Crippen molar-refractivity contribution in [2.24, 2.45) is 11.8 Å². The smallest absolute Gasteiger partial charge is 0.224 e. The van der Waals surface area contributed by atoms with Crippen molar-refractivity contribution in [2.45, 2.75) is 63.8 Å². The zero-order chi connectivity index (χ0) is 12.3. The van der Waals surface area contributed by atoms with Crippen molar-refractivity contribution in [2.75, 3.05) is 0 Å². The van der Waals surface area contributed by atoms with Crippen molar-refractivity contribution < 1.29 is 4.79 Å². The second-order valence-corrected chi connectivity index (χ2v) is 5.76. The molecule has 0 aromatic carbocycles. The van der Waals surface area contributed by atoms with Crippen LogP contribution in [-0.4, -0.2) is 11.4 Å². The highest BCUT2D eigenvalue weighted by molar-refractivity contribution is 5.80. The number of hydrogen-bond acceptors (Lipinski definition) is 2. The van der Waals surface area contributed by atoms with Gasteiger partial charge in [0.05, 0.1) is 6.07 Å². The van der Waals surface area contributed by atoms with E-state index in [1.807, 2.05) is 0 Å². The summed E-state index contributed by atoms with van der Waals surface area (Å²) in [5, 5.41) is 12.4. The molecule has 0 aromatic rings. The Kier molecular flexibility index (Phi) is 3.71. The van der Waals surface area contributed by atoms with Crippen LogP contribution in [0.1, 0.15) is 58.3 Å². The van der Waals surface area contributed by atoms with Gasteiger partial charge in [0, 0.05) is 5.92 Å². The second-order valence-electron chi connectivity index (χ2n) is 5.76. The van der Waals surface area contributed by atoms with E-state index in [9.17, 15) is 10.1 Å². The molecule has 94 valence electrons. The average Bonchev–Trinajstić information content (AvgIpc) is 2.77. The zero-order valence-corrected chi connectivity index (χ0v) is 10.7. The summed E-state index contributed by atoms with van der Waals surface area (Å²) in [5.74, 6) is 0.745. The fraction of sp³-hybridized carbons (Fsp3) is 0.857. The van der Waals surface area contributed by atoms with Crippen molar-refractivity contribution in [3.8, 4) is 6.07 Å². The number of carbonyl (C=O) groups excluding carboxylic acids is 1. The number of amides is 1. The topological polar surface area (TPSA) is 52.9 Å². The lowest BCUT2D eigenvalue weighted by atomic mass is 9.82. The summed E-state index contributed by atoms with van der Waals surface area (Å²) in [6, 6.07) is 2.35. The van der Waals surface area contributed by atoms with Crippen molar-refractivity contribution in [3.05, 3.63) is 0 Å². The van der Waals surface area contributed by atoms with Crippen molar-refractivity contribution >= 4 is 5.91 Å². The van der Waals surface area contributed by atoms with Gasteiger partial charge in [0.15, 0.2) is 0 Å². The number of carbonyl (C=O) groups is 1. The van der Waals surface area contributed by atoms with Crippen molar-refractivity contribution in [3.63, 3.8) is 0 Å². The standard InChI is InChI=1S/C14H22N2O/c1-11-6-5-7-12(11)13(17)16-14(10-15)8-3-2-4-9-14/h11-12H,2-9H2,1H3,(H,16,17). The largest absolute Gasteiger partial charge is 0.338 e. The Hall–Kier alpha value is -1.04. The van der Waals surface area contributed by atoms with Crippen LogP contribution in [-0.2, 0) is 4.79 Å². The van der Waals surface area contributed by atoms with Crippen LogP contribution in [0.4, 0.5) is 0 Å². The monoisotopic (exact) mass is 234 g/mol. The molecule has 2 aliphatic rings. The molecular formula is C14H22N2O. The SMILES string of the molecule is CC1CCCC1C(=O)NC1(C#N)CCCCC1. The predicted molar refractivity (Wildman–Crippen MR) is 66.1 cm³/mol. The normalized spacial score (nSPS) is 31.8. The minimum absolute atomic E-state index is 0.124. The van der Waals surface area contributed by atoms with E-state index >= 15 is 0 Å². The van der Waals surface area contributed by atoms with Gasteiger partial charge >= 0.3 is 0 Å². The van der Waals surface area contributed by atoms with E-state index in [1.54, 1.807) is 0 Å². The van der Waals surface area contributed by atoms with Gasteiger partial charge in [-0.1, -0.05) is 32.6 Å². The summed E-state index contributed by atoms with van der Waals surface area (Å²) >= 11 is 0. The first-order valence-electron chi connectivity index (χ1n) is 6.90. The van der Waals surface area contributed by atoms with Crippen LogP contribution in [0.5, 0.6) is 0 Å². The lowest BCUT2D eigenvalue weighted by molar-refractivity contribution is -0.127. The van der Waals surface area contributed by atoms with Gasteiger partial charge in [0.2, 0.25) is 5.91 Å². The second kappa shape index (κ2) is 5.08. The Morgan fingerprint density at radius 2 is 1.94 bits per heavy atom. The van der Waals surface area contributed by atoms with Gasteiger partial charge in [-0.05, 0) is 31.6 Å². The molecule has 2 rings (SSSR count). The molecule has 3 nitrogen and oxygen atoms in total. The quantitative estimate of drug-likeness (QED) is 0.798. The molecule has 0 saturated heterocycles. The lowest BCUT2D eigenvalue weighted by Crippen LogP contribution is -2.50. The Labute approximate surface area is 104 Å². The molecule has 2 atom stereocenters. The number of hydrogen-bond donors (Lipinski definition) is 1. The van der Waals surface area contributed by atoms with E-state index < -0.39 is 5.54 Å². The molecule has 0 bridgehead atoms. The molecule has 2 unspecified atom stereocenters. The highest BCUT2D eigenvalue weighted by atomic mass is 16.2. The lowest BCUT2D eigenvalue weighted by Gasteiger charge is -2.33. The molecule has 1 amide bonds. The van der Waals surface area contributed by atoms with Crippen LogP contribution in [0.25, 0.3) is 0 Å². The summed E-state index contributed by atoms with van der Waals surface area (Å²) < 4.78 is 0.